The molecular weight excluding hydrogens is 348 g/mol. The average Bonchev–Trinajstić information content (AvgIpc) is 2.69. The molecule has 0 saturated carbocycles. The minimum Gasteiger partial charge on any atom is -0.310 e. The predicted octanol–water partition coefficient (Wildman–Crippen LogP) is 3.09. The first-order chi connectivity index (χ1) is 8.86. The Morgan fingerprint density at radius 1 is 1.42 bits per heavy atom. The van der Waals surface area contributed by atoms with Gasteiger partial charge < -0.3 is 5.32 Å². The summed E-state index contributed by atoms with van der Waals surface area (Å²) in [4.78, 5) is 1.35. The van der Waals surface area contributed by atoms with Crippen molar-refractivity contribution < 1.29 is 8.42 Å². The van der Waals surface area contributed by atoms with Crippen molar-refractivity contribution in [1.82, 2.24) is 10.0 Å². The molecule has 0 aromatic carbocycles. The lowest BCUT2D eigenvalue weighted by Crippen LogP contribution is -2.24. The van der Waals surface area contributed by atoms with Gasteiger partial charge in [0.2, 0.25) is 10.0 Å². The third-order valence-corrected chi connectivity index (χ3v) is 6.22. The smallest absolute Gasteiger partial charge is 0.242 e. The van der Waals surface area contributed by atoms with Crippen LogP contribution >= 0.6 is 27.3 Å². The van der Waals surface area contributed by atoms with Gasteiger partial charge in [-0.2, -0.15) is 0 Å². The van der Waals surface area contributed by atoms with Crippen LogP contribution in [-0.2, 0) is 16.6 Å². The number of rotatable bonds is 8. The largest absolute Gasteiger partial charge is 0.310 e. The Bertz CT molecular complexity index is 498. The summed E-state index contributed by atoms with van der Waals surface area (Å²) in [5, 5.41) is 3.28. The fourth-order valence-corrected chi connectivity index (χ4v) is 5.14. The van der Waals surface area contributed by atoms with Crippen LogP contribution < -0.4 is 10.0 Å². The molecule has 0 aliphatic heterocycles. The second-order valence-electron chi connectivity index (χ2n) is 4.64. The Kier molecular flexibility index (Phi) is 6.96. The molecule has 0 fully saturated rings. The number of nitrogens with one attached hydrogen (secondary N) is 2. The third kappa shape index (κ3) is 5.51. The molecule has 0 unspecified atom stereocenters. The van der Waals surface area contributed by atoms with Crippen molar-refractivity contribution in [2.24, 2.45) is 0 Å². The Labute approximate surface area is 128 Å². The van der Waals surface area contributed by atoms with Crippen LogP contribution in [0.4, 0.5) is 0 Å². The SMILES string of the molecule is CCCCNS(=O)(=O)c1cc(CNC(C)C)sc1Br. The third-order valence-electron chi connectivity index (χ3n) is 2.50. The number of halogens is 1. The van der Waals surface area contributed by atoms with E-state index in [9.17, 15) is 8.42 Å². The normalized spacial score (nSPS) is 12.3. The molecule has 1 rings (SSSR count). The van der Waals surface area contributed by atoms with E-state index in [0.717, 1.165) is 17.7 Å². The van der Waals surface area contributed by atoms with Gasteiger partial charge in [-0.3, -0.25) is 0 Å². The van der Waals surface area contributed by atoms with Crippen LogP contribution in [0, 0.1) is 0 Å². The number of sulfonamides is 1. The van der Waals surface area contributed by atoms with Crippen LogP contribution in [0.25, 0.3) is 0 Å². The molecule has 1 heterocycles. The maximum absolute atomic E-state index is 12.1. The van der Waals surface area contributed by atoms with E-state index in [1.807, 2.05) is 6.92 Å². The van der Waals surface area contributed by atoms with Crippen LogP contribution in [-0.4, -0.2) is 21.0 Å². The number of hydrogen-bond acceptors (Lipinski definition) is 4. The van der Waals surface area contributed by atoms with E-state index < -0.39 is 10.0 Å². The summed E-state index contributed by atoms with van der Waals surface area (Å²) in [7, 11) is -3.40. The lowest BCUT2D eigenvalue weighted by molar-refractivity contribution is 0.577. The van der Waals surface area contributed by atoms with Crippen molar-refractivity contribution in [3.05, 3.63) is 14.7 Å². The quantitative estimate of drug-likeness (QED) is 0.693. The first-order valence-electron chi connectivity index (χ1n) is 6.38. The molecule has 0 amide bonds. The van der Waals surface area contributed by atoms with Gasteiger partial charge >= 0.3 is 0 Å². The van der Waals surface area contributed by atoms with Crippen molar-refractivity contribution in [2.75, 3.05) is 6.54 Å². The Morgan fingerprint density at radius 3 is 2.68 bits per heavy atom. The van der Waals surface area contributed by atoms with Gasteiger partial charge in [-0.25, -0.2) is 13.1 Å². The predicted molar refractivity (Wildman–Crippen MR) is 84.1 cm³/mol. The summed E-state index contributed by atoms with van der Waals surface area (Å²) in [5.41, 5.74) is 0. The van der Waals surface area contributed by atoms with Crippen molar-refractivity contribution in [2.45, 2.75) is 51.1 Å². The molecule has 1 aromatic rings. The molecule has 19 heavy (non-hydrogen) atoms. The van der Waals surface area contributed by atoms with Gasteiger partial charge in [0.05, 0.1) is 3.79 Å². The van der Waals surface area contributed by atoms with Gasteiger partial charge in [-0.1, -0.05) is 27.2 Å². The fourth-order valence-electron chi connectivity index (χ4n) is 1.43. The van der Waals surface area contributed by atoms with E-state index >= 15 is 0 Å². The van der Waals surface area contributed by atoms with Crippen molar-refractivity contribution in [3.63, 3.8) is 0 Å². The lowest BCUT2D eigenvalue weighted by atomic mass is 10.3. The highest BCUT2D eigenvalue weighted by molar-refractivity contribution is 9.11. The van der Waals surface area contributed by atoms with E-state index in [2.05, 4.69) is 39.8 Å². The number of hydrogen-bond donors (Lipinski definition) is 2. The van der Waals surface area contributed by atoms with Gasteiger partial charge in [0.15, 0.2) is 0 Å². The molecule has 4 nitrogen and oxygen atoms in total. The van der Waals surface area contributed by atoms with Gasteiger partial charge in [0.1, 0.15) is 4.90 Å². The van der Waals surface area contributed by atoms with E-state index in [4.69, 9.17) is 0 Å². The molecule has 0 aliphatic carbocycles. The molecule has 0 saturated heterocycles. The number of thiophene rings is 1. The molecule has 7 heteroatoms. The van der Waals surface area contributed by atoms with Crippen LogP contribution in [0.15, 0.2) is 14.7 Å². The summed E-state index contributed by atoms with van der Waals surface area (Å²) in [6, 6.07) is 2.11. The zero-order chi connectivity index (χ0) is 14.5. The topological polar surface area (TPSA) is 58.2 Å². The molecule has 110 valence electrons. The Morgan fingerprint density at radius 2 is 2.11 bits per heavy atom. The number of unbranched alkanes of at least 4 members (excludes halogenated alkanes) is 1. The monoisotopic (exact) mass is 368 g/mol. The molecular formula is C12H21BrN2O2S2. The second-order valence-corrected chi connectivity index (χ2v) is 8.83. The maximum Gasteiger partial charge on any atom is 0.242 e. The summed E-state index contributed by atoms with van der Waals surface area (Å²) in [6.45, 7) is 7.33. The molecule has 0 radical (unpaired) electrons. The summed E-state index contributed by atoms with van der Waals surface area (Å²) in [6.07, 6.45) is 1.82. The van der Waals surface area contributed by atoms with Crippen molar-refractivity contribution >= 4 is 37.3 Å². The van der Waals surface area contributed by atoms with E-state index in [0.29, 0.717) is 27.8 Å². The zero-order valence-corrected chi connectivity index (χ0v) is 14.7. The zero-order valence-electron chi connectivity index (χ0n) is 11.5. The first-order valence-corrected chi connectivity index (χ1v) is 9.47. The maximum atomic E-state index is 12.1. The molecule has 0 spiro atoms. The molecule has 0 aliphatic rings. The second kappa shape index (κ2) is 7.73. The van der Waals surface area contributed by atoms with Crippen LogP contribution in [0.2, 0.25) is 0 Å². The van der Waals surface area contributed by atoms with Gasteiger partial charge in [-0.15, -0.1) is 11.3 Å². The molecule has 0 atom stereocenters. The minimum absolute atomic E-state index is 0.342. The lowest BCUT2D eigenvalue weighted by Gasteiger charge is -2.05. The summed E-state index contributed by atoms with van der Waals surface area (Å²) >= 11 is 4.80. The van der Waals surface area contributed by atoms with Gasteiger partial charge in [-0.05, 0) is 28.4 Å². The first kappa shape index (κ1) is 17.1. The Hall–Kier alpha value is 0.0500. The van der Waals surface area contributed by atoms with Crippen molar-refractivity contribution in [1.29, 1.82) is 0 Å². The van der Waals surface area contributed by atoms with E-state index in [1.165, 1.54) is 11.3 Å². The highest BCUT2D eigenvalue weighted by Gasteiger charge is 2.20. The summed E-state index contributed by atoms with van der Waals surface area (Å²) in [5.74, 6) is 0. The highest BCUT2D eigenvalue weighted by Crippen LogP contribution is 2.31. The standard InChI is InChI=1S/C12H21BrN2O2S2/c1-4-5-6-15-19(16,17)11-7-10(18-12(11)13)8-14-9(2)3/h7,9,14-15H,4-6,8H2,1-3H3. The summed E-state index contributed by atoms with van der Waals surface area (Å²) < 4.78 is 27.5. The van der Waals surface area contributed by atoms with E-state index in [1.54, 1.807) is 6.07 Å². The van der Waals surface area contributed by atoms with Gasteiger partial charge in [0.25, 0.3) is 0 Å². The van der Waals surface area contributed by atoms with Crippen LogP contribution in [0.1, 0.15) is 38.5 Å². The van der Waals surface area contributed by atoms with Gasteiger partial charge in [0, 0.05) is 24.0 Å². The molecule has 2 N–H and O–H groups in total. The van der Waals surface area contributed by atoms with E-state index in [-0.39, 0.29) is 0 Å². The van der Waals surface area contributed by atoms with Crippen LogP contribution in [0.5, 0.6) is 0 Å². The minimum atomic E-state index is -3.40. The van der Waals surface area contributed by atoms with Crippen molar-refractivity contribution in [3.8, 4) is 0 Å². The molecule has 0 bridgehead atoms. The fraction of sp³-hybridized carbons (Fsp3) is 0.667. The van der Waals surface area contributed by atoms with Crippen LogP contribution in [0.3, 0.4) is 0 Å². The highest BCUT2D eigenvalue weighted by atomic mass is 79.9. The molecule has 1 aromatic heterocycles. The Balaban J connectivity index is 2.77. The average molecular weight is 369 g/mol.